The average molecular weight is 409 g/mol. The molecule has 2 amide bonds. The summed E-state index contributed by atoms with van der Waals surface area (Å²) >= 11 is 0. The second-order valence-corrected chi connectivity index (χ2v) is 7.23. The summed E-state index contributed by atoms with van der Waals surface area (Å²) in [7, 11) is 1.55. The summed E-state index contributed by atoms with van der Waals surface area (Å²) in [5.74, 6) is 0.0702. The molecule has 3 rings (SSSR count). The summed E-state index contributed by atoms with van der Waals surface area (Å²) in [5, 5.41) is 2.57. The minimum atomic E-state index is -0.441. The molecule has 0 saturated carbocycles. The van der Waals surface area contributed by atoms with Crippen LogP contribution in [0.2, 0.25) is 0 Å². The van der Waals surface area contributed by atoms with Crippen LogP contribution < -0.4 is 5.32 Å². The zero-order chi connectivity index (χ0) is 21.7. The van der Waals surface area contributed by atoms with Crippen LogP contribution in [0.5, 0.6) is 0 Å². The van der Waals surface area contributed by atoms with Crippen LogP contribution in [0, 0.1) is 19.7 Å². The first-order chi connectivity index (χ1) is 14.3. The number of hydrogen-bond donors (Lipinski definition) is 1. The van der Waals surface area contributed by atoms with Gasteiger partial charge in [-0.2, -0.15) is 0 Å². The molecule has 30 heavy (non-hydrogen) atoms. The van der Waals surface area contributed by atoms with Crippen molar-refractivity contribution in [3.05, 3.63) is 71.5 Å². The molecule has 0 aliphatic carbocycles. The van der Waals surface area contributed by atoms with E-state index < -0.39 is 11.7 Å². The van der Waals surface area contributed by atoms with Crippen molar-refractivity contribution in [2.45, 2.75) is 26.7 Å². The van der Waals surface area contributed by atoms with Crippen LogP contribution in [-0.4, -0.2) is 35.3 Å². The van der Waals surface area contributed by atoms with Gasteiger partial charge in [0.05, 0.1) is 12.7 Å². The van der Waals surface area contributed by atoms with E-state index in [1.807, 2.05) is 32.0 Å². The maximum atomic E-state index is 13.2. The highest BCUT2D eigenvalue weighted by Gasteiger charge is 2.15. The lowest BCUT2D eigenvalue weighted by atomic mass is 10.1. The van der Waals surface area contributed by atoms with Gasteiger partial charge in [-0.05, 0) is 49.2 Å². The number of anilines is 1. The first kappa shape index (κ1) is 21.2. The van der Waals surface area contributed by atoms with Gasteiger partial charge in [0.15, 0.2) is 11.7 Å². The highest BCUT2D eigenvalue weighted by molar-refractivity contribution is 5.94. The fourth-order valence-electron chi connectivity index (χ4n) is 2.93. The van der Waals surface area contributed by atoms with Crippen LogP contribution >= 0.6 is 0 Å². The second-order valence-electron chi connectivity index (χ2n) is 7.23. The van der Waals surface area contributed by atoms with Gasteiger partial charge in [-0.1, -0.05) is 18.2 Å². The molecule has 0 aliphatic heterocycles. The van der Waals surface area contributed by atoms with Crippen LogP contribution in [0.3, 0.4) is 0 Å². The molecule has 0 radical (unpaired) electrons. The molecule has 1 N–H and O–H groups in total. The highest BCUT2D eigenvalue weighted by Crippen LogP contribution is 2.23. The number of benzene rings is 2. The number of oxazole rings is 1. The molecule has 0 atom stereocenters. The van der Waals surface area contributed by atoms with E-state index in [0.29, 0.717) is 23.8 Å². The van der Waals surface area contributed by atoms with Crippen LogP contribution in [0.4, 0.5) is 10.1 Å². The minimum absolute atomic E-state index is 0.130. The number of nitrogens with one attached hydrogen (secondary N) is 1. The fourth-order valence-corrected chi connectivity index (χ4v) is 2.93. The van der Waals surface area contributed by atoms with Gasteiger partial charge in [-0.15, -0.1) is 0 Å². The molecule has 0 unspecified atom stereocenters. The highest BCUT2D eigenvalue weighted by atomic mass is 19.1. The Kier molecular flexibility index (Phi) is 6.61. The fraction of sp³-hybridized carbons (Fsp3) is 0.261. The molecule has 0 saturated heterocycles. The number of aryl methyl sites for hydroxylation is 3. The maximum Gasteiger partial charge on any atom is 0.243 e. The summed E-state index contributed by atoms with van der Waals surface area (Å²) in [5.41, 5.74) is 3.65. The lowest BCUT2D eigenvalue weighted by molar-refractivity contribution is -0.133. The van der Waals surface area contributed by atoms with Gasteiger partial charge >= 0.3 is 0 Å². The van der Waals surface area contributed by atoms with Gasteiger partial charge in [0.1, 0.15) is 5.82 Å². The molecule has 1 aromatic heterocycles. The average Bonchev–Trinajstić information content (AvgIpc) is 3.17. The number of nitrogens with zero attached hydrogens (tertiary/aromatic N) is 2. The largest absolute Gasteiger partial charge is 0.441 e. The molecule has 3 aromatic rings. The van der Waals surface area contributed by atoms with Crippen molar-refractivity contribution in [1.29, 1.82) is 0 Å². The van der Waals surface area contributed by atoms with Crippen molar-refractivity contribution >= 4 is 17.5 Å². The van der Waals surface area contributed by atoms with Gasteiger partial charge in [-0.3, -0.25) is 9.59 Å². The molecule has 0 fully saturated rings. The van der Waals surface area contributed by atoms with E-state index in [0.717, 1.165) is 5.56 Å². The van der Waals surface area contributed by atoms with Crippen LogP contribution in [0.15, 0.2) is 53.1 Å². The summed E-state index contributed by atoms with van der Waals surface area (Å²) in [6, 6.07) is 11.6. The molecule has 7 heteroatoms. The Balaban J connectivity index is 1.50. The third kappa shape index (κ3) is 5.53. The Morgan fingerprint density at radius 2 is 1.93 bits per heavy atom. The second kappa shape index (κ2) is 9.35. The van der Waals surface area contributed by atoms with E-state index in [1.165, 1.54) is 34.2 Å². The predicted octanol–water partition coefficient (Wildman–Crippen LogP) is 4.13. The Bertz CT molecular complexity index is 1060. The molecule has 6 nitrogen and oxygen atoms in total. The van der Waals surface area contributed by atoms with Crippen LogP contribution in [0.1, 0.15) is 23.4 Å². The van der Waals surface area contributed by atoms with Crippen molar-refractivity contribution in [2.75, 3.05) is 18.9 Å². The lowest BCUT2D eigenvalue weighted by Gasteiger charge is -2.16. The Morgan fingerprint density at radius 1 is 1.13 bits per heavy atom. The standard InChI is InChI=1S/C23H24FN3O3/c1-15-7-8-17(11-16(15)2)20-13-25-22(30-20)9-10-23(29)27(3)14-21(28)26-19-6-4-5-18(24)12-19/h4-8,11-13H,9-10,14H2,1-3H3,(H,26,28). The van der Waals surface area contributed by atoms with Gasteiger partial charge in [-0.25, -0.2) is 9.37 Å². The monoisotopic (exact) mass is 409 g/mol. The molecule has 0 bridgehead atoms. The SMILES string of the molecule is Cc1ccc(-c2cnc(CCC(=O)N(C)CC(=O)Nc3cccc(F)c3)o2)cc1C. The van der Waals surface area contributed by atoms with Crippen molar-refractivity contribution in [2.24, 2.45) is 0 Å². The van der Waals surface area contributed by atoms with E-state index in [9.17, 15) is 14.0 Å². The Morgan fingerprint density at radius 3 is 2.67 bits per heavy atom. The van der Waals surface area contributed by atoms with E-state index in [-0.39, 0.29) is 18.9 Å². The molecule has 2 aromatic carbocycles. The van der Waals surface area contributed by atoms with Gasteiger partial charge in [0.25, 0.3) is 0 Å². The van der Waals surface area contributed by atoms with E-state index in [1.54, 1.807) is 19.3 Å². The smallest absolute Gasteiger partial charge is 0.243 e. The van der Waals surface area contributed by atoms with Crippen molar-refractivity contribution in [3.8, 4) is 11.3 Å². The quantitative estimate of drug-likeness (QED) is 0.637. The van der Waals surface area contributed by atoms with Gasteiger partial charge < -0.3 is 14.6 Å². The number of amides is 2. The molecule has 156 valence electrons. The molecular formula is C23H24FN3O3. The molecular weight excluding hydrogens is 385 g/mol. The number of carbonyl (C=O) groups is 2. The first-order valence-corrected chi connectivity index (χ1v) is 9.63. The van der Waals surface area contributed by atoms with Crippen LogP contribution in [-0.2, 0) is 16.0 Å². The summed E-state index contributed by atoms with van der Waals surface area (Å²) in [6.07, 6.45) is 2.15. The summed E-state index contributed by atoms with van der Waals surface area (Å²) in [4.78, 5) is 30.0. The third-order valence-corrected chi connectivity index (χ3v) is 4.81. The summed E-state index contributed by atoms with van der Waals surface area (Å²) < 4.78 is 19.0. The number of halogens is 1. The normalized spacial score (nSPS) is 10.7. The first-order valence-electron chi connectivity index (χ1n) is 9.63. The Labute approximate surface area is 174 Å². The number of carbonyl (C=O) groups excluding carboxylic acids is 2. The lowest BCUT2D eigenvalue weighted by Crippen LogP contribution is -2.35. The zero-order valence-electron chi connectivity index (χ0n) is 17.2. The van der Waals surface area contributed by atoms with E-state index in [4.69, 9.17) is 4.42 Å². The summed E-state index contributed by atoms with van der Waals surface area (Å²) in [6.45, 7) is 3.95. The molecule has 0 spiro atoms. The third-order valence-electron chi connectivity index (χ3n) is 4.81. The van der Waals surface area contributed by atoms with E-state index >= 15 is 0 Å². The predicted molar refractivity (Wildman–Crippen MR) is 112 cm³/mol. The number of likely N-dealkylation sites (N-methyl/N-ethyl adjacent to an activating group) is 1. The number of hydrogen-bond acceptors (Lipinski definition) is 4. The molecule has 0 aliphatic rings. The minimum Gasteiger partial charge on any atom is -0.441 e. The molecule has 1 heterocycles. The zero-order valence-corrected chi connectivity index (χ0v) is 17.2. The van der Waals surface area contributed by atoms with Crippen molar-refractivity contribution in [1.82, 2.24) is 9.88 Å². The van der Waals surface area contributed by atoms with Gasteiger partial charge in [0, 0.05) is 31.1 Å². The number of rotatable bonds is 7. The van der Waals surface area contributed by atoms with E-state index in [2.05, 4.69) is 10.3 Å². The number of aromatic nitrogens is 1. The van der Waals surface area contributed by atoms with Crippen molar-refractivity contribution < 1.29 is 18.4 Å². The van der Waals surface area contributed by atoms with Gasteiger partial charge in [0.2, 0.25) is 11.8 Å². The maximum absolute atomic E-state index is 13.2. The topological polar surface area (TPSA) is 75.4 Å². The van der Waals surface area contributed by atoms with Crippen LogP contribution in [0.25, 0.3) is 11.3 Å². The Hall–Kier alpha value is -3.48. The van der Waals surface area contributed by atoms with Crippen molar-refractivity contribution in [3.63, 3.8) is 0 Å².